The monoisotopic (exact) mass is 209 g/mol. The van der Waals surface area contributed by atoms with Crippen LogP contribution in [0.5, 0.6) is 0 Å². The Morgan fingerprint density at radius 3 is 2.80 bits per heavy atom. The summed E-state index contributed by atoms with van der Waals surface area (Å²) < 4.78 is 0. The number of rotatable bonds is 7. The molecule has 0 aliphatic rings. The zero-order chi connectivity index (χ0) is 11.1. The standard InChI is InChI=1S/C12H23N3/c1-4-6-10(3)11(13-5-2)9-12-14-7-8-15-12/h7-8,10-11,13H,4-6,9H2,1-3H3,(H,14,15). The average Bonchev–Trinajstić information content (AvgIpc) is 2.70. The second-order valence-corrected chi connectivity index (χ2v) is 4.17. The van der Waals surface area contributed by atoms with Crippen molar-refractivity contribution in [1.29, 1.82) is 0 Å². The lowest BCUT2D eigenvalue weighted by Gasteiger charge is -2.23. The van der Waals surface area contributed by atoms with E-state index in [1.165, 1.54) is 12.8 Å². The molecule has 2 atom stereocenters. The summed E-state index contributed by atoms with van der Waals surface area (Å²) in [6, 6.07) is 0.543. The van der Waals surface area contributed by atoms with Gasteiger partial charge >= 0.3 is 0 Å². The zero-order valence-corrected chi connectivity index (χ0v) is 10.1. The van der Waals surface area contributed by atoms with Crippen LogP contribution in [0.1, 0.15) is 39.4 Å². The molecule has 0 amide bonds. The SMILES string of the molecule is CCCC(C)C(Cc1ncc[nH]1)NCC. The van der Waals surface area contributed by atoms with Gasteiger partial charge in [-0.15, -0.1) is 0 Å². The lowest BCUT2D eigenvalue weighted by molar-refractivity contribution is 0.354. The van der Waals surface area contributed by atoms with Crippen molar-refractivity contribution in [2.75, 3.05) is 6.54 Å². The first kappa shape index (κ1) is 12.2. The lowest BCUT2D eigenvalue weighted by Crippen LogP contribution is -2.37. The van der Waals surface area contributed by atoms with Gasteiger partial charge in [-0.1, -0.05) is 27.2 Å². The Morgan fingerprint density at radius 2 is 2.27 bits per heavy atom. The van der Waals surface area contributed by atoms with Gasteiger partial charge in [0, 0.05) is 24.9 Å². The third-order valence-corrected chi connectivity index (χ3v) is 2.87. The fraction of sp³-hybridized carbons (Fsp3) is 0.750. The molecule has 2 unspecified atom stereocenters. The van der Waals surface area contributed by atoms with E-state index in [2.05, 4.69) is 36.1 Å². The molecule has 0 bridgehead atoms. The van der Waals surface area contributed by atoms with Gasteiger partial charge in [-0.05, 0) is 18.9 Å². The van der Waals surface area contributed by atoms with Crippen molar-refractivity contribution in [3.8, 4) is 0 Å². The second-order valence-electron chi connectivity index (χ2n) is 4.17. The van der Waals surface area contributed by atoms with Crippen LogP contribution < -0.4 is 5.32 Å². The first-order valence-corrected chi connectivity index (χ1v) is 5.99. The van der Waals surface area contributed by atoms with Crippen LogP contribution >= 0.6 is 0 Å². The van der Waals surface area contributed by atoms with Gasteiger partial charge in [0.15, 0.2) is 0 Å². The summed E-state index contributed by atoms with van der Waals surface area (Å²) in [4.78, 5) is 7.46. The minimum absolute atomic E-state index is 0.543. The van der Waals surface area contributed by atoms with Crippen LogP contribution in [0.3, 0.4) is 0 Å². The topological polar surface area (TPSA) is 40.7 Å². The van der Waals surface area contributed by atoms with Crippen molar-refractivity contribution < 1.29 is 0 Å². The van der Waals surface area contributed by atoms with Gasteiger partial charge in [0.05, 0.1) is 0 Å². The summed E-state index contributed by atoms with van der Waals surface area (Å²) in [6.45, 7) is 7.75. The van der Waals surface area contributed by atoms with Gasteiger partial charge in [-0.3, -0.25) is 0 Å². The van der Waals surface area contributed by atoms with Gasteiger partial charge in [0.25, 0.3) is 0 Å². The zero-order valence-electron chi connectivity index (χ0n) is 10.1. The molecule has 1 aromatic rings. The third kappa shape index (κ3) is 4.04. The molecule has 0 saturated heterocycles. The van der Waals surface area contributed by atoms with Crippen molar-refractivity contribution in [3.63, 3.8) is 0 Å². The van der Waals surface area contributed by atoms with E-state index in [1.54, 1.807) is 0 Å². The minimum atomic E-state index is 0.543. The molecule has 0 aliphatic carbocycles. The van der Waals surface area contributed by atoms with E-state index < -0.39 is 0 Å². The molecule has 3 nitrogen and oxygen atoms in total. The molecule has 0 radical (unpaired) electrons. The normalized spacial score (nSPS) is 15.1. The van der Waals surface area contributed by atoms with Gasteiger partial charge in [0.1, 0.15) is 5.82 Å². The molecule has 3 heteroatoms. The fourth-order valence-electron chi connectivity index (χ4n) is 2.01. The molecule has 0 saturated carbocycles. The molecule has 0 aliphatic heterocycles. The van der Waals surface area contributed by atoms with Crippen LogP contribution in [0.2, 0.25) is 0 Å². The van der Waals surface area contributed by atoms with E-state index in [0.717, 1.165) is 18.8 Å². The molecule has 86 valence electrons. The van der Waals surface area contributed by atoms with Crippen molar-refractivity contribution in [2.45, 2.75) is 46.1 Å². The van der Waals surface area contributed by atoms with E-state index in [9.17, 15) is 0 Å². The Kier molecular flexibility index (Phi) is 5.40. The highest BCUT2D eigenvalue weighted by molar-refractivity contribution is 4.92. The number of aromatic nitrogens is 2. The van der Waals surface area contributed by atoms with Crippen LogP contribution in [-0.4, -0.2) is 22.6 Å². The van der Waals surface area contributed by atoms with Gasteiger partial charge in [-0.2, -0.15) is 0 Å². The summed E-state index contributed by atoms with van der Waals surface area (Å²) in [7, 11) is 0. The van der Waals surface area contributed by atoms with Crippen LogP contribution in [0.4, 0.5) is 0 Å². The quantitative estimate of drug-likeness (QED) is 0.724. The van der Waals surface area contributed by atoms with Crippen LogP contribution in [0.15, 0.2) is 12.4 Å². The van der Waals surface area contributed by atoms with Gasteiger partial charge in [0.2, 0.25) is 0 Å². The van der Waals surface area contributed by atoms with Gasteiger partial charge in [-0.25, -0.2) is 4.98 Å². The van der Waals surface area contributed by atoms with E-state index in [1.807, 2.05) is 12.4 Å². The molecule has 1 heterocycles. The largest absolute Gasteiger partial charge is 0.349 e. The molecule has 1 rings (SSSR count). The van der Waals surface area contributed by atoms with Crippen LogP contribution in [0.25, 0.3) is 0 Å². The summed E-state index contributed by atoms with van der Waals surface area (Å²) in [6.07, 6.45) is 7.24. The number of H-pyrrole nitrogens is 1. The highest BCUT2D eigenvalue weighted by Gasteiger charge is 2.16. The van der Waals surface area contributed by atoms with E-state index in [0.29, 0.717) is 12.0 Å². The van der Waals surface area contributed by atoms with Crippen molar-refractivity contribution in [2.24, 2.45) is 5.92 Å². The fourth-order valence-corrected chi connectivity index (χ4v) is 2.01. The van der Waals surface area contributed by atoms with E-state index >= 15 is 0 Å². The summed E-state index contributed by atoms with van der Waals surface area (Å²) >= 11 is 0. The number of imidazole rings is 1. The predicted octanol–water partition coefficient (Wildman–Crippen LogP) is 2.37. The Labute approximate surface area is 92.7 Å². The Morgan fingerprint density at radius 1 is 1.47 bits per heavy atom. The summed E-state index contributed by atoms with van der Waals surface area (Å²) in [5.74, 6) is 1.80. The number of hydrogen-bond acceptors (Lipinski definition) is 2. The maximum Gasteiger partial charge on any atom is 0.107 e. The number of aromatic amines is 1. The van der Waals surface area contributed by atoms with Crippen molar-refractivity contribution in [1.82, 2.24) is 15.3 Å². The molecule has 15 heavy (non-hydrogen) atoms. The molecular weight excluding hydrogens is 186 g/mol. The second kappa shape index (κ2) is 6.62. The highest BCUT2D eigenvalue weighted by Crippen LogP contribution is 2.13. The Bertz CT molecular complexity index is 243. The molecule has 2 N–H and O–H groups in total. The van der Waals surface area contributed by atoms with Gasteiger partial charge < -0.3 is 10.3 Å². The molecular formula is C12H23N3. The number of hydrogen-bond donors (Lipinski definition) is 2. The maximum absolute atomic E-state index is 4.29. The molecule has 0 aromatic carbocycles. The number of nitrogens with zero attached hydrogens (tertiary/aromatic N) is 1. The third-order valence-electron chi connectivity index (χ3n) is 2.87. The molecule has 1 aromatic heterocycles. The molecule has 0 fully saturated rings. The van der Waals surface area contributed by atoms with E-state index in [-0.39, 0.29) is 0 Å². The summed E-state index contributed by atoms with van der Waals surface area (Å²) in [5.41, 5.74) is 0. The molecule has 0 spiro atoms. The van der Waals surface area contributed by atoms with Crippen molar-refractivity contribution >= 4 is 0 Å². The lowest BCUT2D eigenvalue weighted by atomic mass is 9.94. The number of nitrogens with one attached hydrogen (secondary N) is 2. The van der Waals surface area contributed by atoms with E-state index in [4.69, 9.17) is 0 Å². The Balaban J connectivity index is 2.49. The Hall–Kier alpha value is -0.830. The predicted molar refractivity (Wildman–Crippen MR) is 63.8 cm³/mol. The first-order chi connectivity index (χ1) is 7.27. The summed E-state index contributed by atoms with van der Waals surface area (Å²) in [5, 5.41) is 3.55. The minimum Gasteiger partial charge on any atom is -0.349 e. The van der Waals surface area contributed by atoms with Crippen molar-refractivity contribution in [3.05, 3.63) is 18.2 Å². The smallest absolute Gasteiger partial charge is 0.107 e. The maximum atomic E-state index is 4.29. The van der Waals surface area contributed by atoms with Crippen LogP contribution in [0, 0.1) is 5.92 Å². The first-order valence-electron chi connectivity index (χ1n) is 5.99. The number of likely N-dealkylation sites (N-methyl/N-ethyl adjacent to an activating group) is 1. The highest BCUT2D eigenvalue weighted by atomic mass is 14.9. The van der Waals surface area contributed by atoms with Crippen LogP contribution in [-0.2, 0) is 6.42 Å². The average molecular weight is 209 g/mol.